The SMILES string of the molecule is CCCCCC(CCC)CC1(C(C)c2ccccc2)CCCCC1. The van der Waals surface area contributed by atoms with Crippen LogP contribution in [-0.4, -0.2) is 0 Å². The Morgan fingerprint density at radius 1 is 0.875 bits per heavy atom. The lowest BCUT2D eigenvalue weighted by Crippen LogP contribution is -2.32. The van der Waals surface area contributed by atoms with E-state index in [1.807, 2.05) is 0 Å². The van der Waals surface area contributed by atoms with Crippen molar-refractivity contribution in [3.63, 3.8) is 0 Å². The minimum absolute atomic E-state index is 0.561. The van der Waals surface area contributed by atoms with Gasteiger partial charge in [0.1, 0.15) is 0 Å². The first kappa shape index (κ1) is 19.5. The summed E-state index contributed by atoms with van der Waals surface area (Å²) in [5, 5.41) is 0. The van der Waals surface area contributed by atoms with E-state index in [2.05, 4.69) is 51.1 Å². The van der Waals surface area contributed by atoms with Crippen molar-refractivity contribution in [2.45, 2.75) is 104 Å². The van der Waals surface area contributed by atoms with Crippen LogP contribution in [0.5, 0.6) is 0 Å². The summed E-state index contributed by atoms with van der Waals surface area (Å²) >= 11 is 0. The molecule has 0 radical (unpaired) electrons. The summed E-state index contributed by atoms with van der Waals surface area (Å²) in [5.41, 5.74) is 2.13. The lowest BCUT2D eigenvalue weighted by molar-refractivity contribution is 0.103. The van der Waals surface area contributed by atoms with Crippen LogP contribution in [-0.2, 0) is 0 Å². The zero-order chi connectivity index (χ0) is 17.3. The van der Waals surface area contributed by atoms with E-state index < -0.39 is 0 Å². The number of unbranched alkanes of at least 4 members (excludes halogenated alkanes) is 2. The Balaban J connectivity index is 2.13. The first-order valence-electron chi connectivity index (χ1n) is 10.8. The predicted molar refractivity (Wildman–Crippen MR) is 108 cm³/mol. The molecule has 1 aromatic carbocycles. The van der Waals surface area contributed by atoms with Crippen molar-refractivity contribution in [1.82, 2.24) is 0 Å². The van der Waals surface area contributed by atoms with Crippen LogP contribution < -0.4 is 0 Å². The van der Waals surface area contributed by atoms with Crippen LogP contribution >= 0.6 is 0 Å². The molecule has 0 spiro atoms. The summed E-state index contributed by atoms with van der Waals surface area (Å²) in [5.74, 6) is 1.66. The molecule has 2 rings (SSSR count). The van der Waals surface area contributed by atoms with Gasteiger partial charge in [-0.2, -0.15) is 0 Å². The van der Waals surface area contributed by atoms with Crippen LogP contribution in [0.2, 0.25) is 0 Å². The highest BCUT2D eigenvalue weighted by Gasteiger charge is 2.39. The molecule has 0 heterocycles. The molecule has 0 nitrogen and oxygen atoms in total. The first-order chi connectivity index (χ1) is 11.7. The summed E-state index contributed by atoms with van der Waals surface area (Å²) in [6.45, 7) is 7.23. The molecule has 0 bridgehead atoms. The molecule has 0 aliphatic heterocycles. The lowest BCUT2D eigenvalue weighted by Gasteiger charge is -2.45. The summed E-state index contributed by atoms with van der Waals surface area (Å²) < 4.78 is 0. The quantitative estimate of drug-likeness (QED) is 0.380. The fourth-order valence-electron chi connectivity index (χ4n) is 5.18. The van der Waals surface area contributed by atoms with E-state index in [0.717, 1.165) is 5.92 Å². The summed E-state index contributed by atoms with van der Waals surface area (Å²) in [6.07, 6.45) is 17.2. The Labute approximate surface area is 151 Å². The molecule has 1 aliphatic carbocycles. The van der Waals surface area contributed by atoms with Gasteiger partial charge in [0.2, 0.25) is 0 Å². The Bertz CT molecular complexity index is 427. The normalized spacial score (nSPS) is 19.8. The van der Waals surface area contributed by atoms with Crippen molar-refractivity contribution in [1.29, 1.82) is 0 Å². The standard InChI is InChI=1S/C24H40/c1-4-6-9-15-22(14-5-2)20-24(18-12-8-13-19-24)21(3)23-16-10-7-11-17-23/h7,10-11,16-17,21-22H,4-6,8-9,12-15,18-20H2,1-3H3. The van der Waals surface area contributed by atoms with E-state index in [1.54, 1.807) is 5.56 Å². The minimum Gasteiger partial charge on any atom is -0.0654 e. The van der Waals surface area contributed by atoms with Crippen LogP contribution in [0.1, 0.15) is 109 Å². The van der Waals surface area contributed by atoms with Gasteiger partial charge in [0, 0.05) is 0 Å². The second-order valence-electron chi connectivity index (χ2n) is 8.41. The van der Waals surface area contributed by atoms with Gasteiger partial charge in [0.25, 0.3) is 0 Å². The van der Waals surface area contributed by atoms with Crippen molar-refractivity contribution in [3.05, 3.63) is 35.9 Å². The van der Waals surface area contributed by atoms with Gasteiger partial charge >= 0.3 is 0 Å². The highest BCUT2D eigenvalue weighted by atomic mass is 14.4. The average Bonchev–Trinajstić information content (AvgIpc) is 2.63. The molecule has 1 fully saturated rings. The highest BCUT2D eigenvalue weighted by Crippen LogP contribution is 2.52. The van der Waals surface area contributed by atoms with Gasteiger partial charge < -0.3 is 0 Å². The minimum atomic E-state index is 0.561. The lowest BCUT2D eigenvalue weighted by atomic mass is 9.60. The molecular weight excluding hydrogens is 288 g/mol. The number of hydrogen-bond donors (Lipinski definition) is 0. The molecule has 0 amide bonds. The fraction of sp³-hybridized carbons (Fsp3) is 0.750. The van der Waals surface area contributed by atoms with Crippen molar-refractivity contribution in [3.8, 4) is 0 Å². The fourth-order valence-corrected chi connectivity index (χ4v) is 5.18. The highest BCUT2D eigenvalue weighted by molar-refractivity contribution is 5.22. The van der Waals surface area contributed by atoms with Gasteiger partial charge in [-0.25, -0.2) is 0 Å². The molecule has 2 atom stereocenters. The zero-order valence-corrected chi connectivity index (χ0v) is 16.5. The summed E-state index contributed by atoms with van der Waals surface area (Å²) in [7, 11) is 0. The summed E-state index contributed by atoms with van der Waals surface area (Å²) in [6, 6.07) is 11.4. The number of hydrogen-bond acceptors (Lipinski definition) is 0. The Hall–Kier alpha value is -0.780. The van der Waals surface area contributed by atoms with Gasteiger partial charge in [-0.15, -0.1) is 0 Å². The maximum Gasteiger partial charge on any atom is -0.0134 e. The van der Waals surface area contributed by atoms with Crippen LogP contribution in [0.4, 0.5) is 0 Å². The number of benzene rings is 1. The number of rotatable bonds is 10. The van der Waals surface area contributed by atoms with Crippen molar-refractivity contribution >= 4 is 0 Å². The van der Waals surface area contributed by atoms with Crippen LogP contribution in [0.15, 0.2) is 30.3 Å². The molecule has 0 heteroatoms. The molecule has 1 aliphatic rings. The van der Waals surface area contributed by atoms with E-state index in [-0.39, 0.29) is 0 Å². The van der Waals surface area contributed by atoms with E-state index in [0.29, 0.717) is 11.3 Å². The Kier molecular flexibility index (Phi) is 8.36. The zero-order valence-electron chi connectivity index (χ0n) is 16.5. The Morgan fingerprint density at radius 3 is 2.21 bits per heavy atom. The van der Waals surface area contributed by atoms with Gasteiger partial charge in [-0.1, -0.05) is 109 Å². The molecule has 0 aromatic heterocycles. The average molecular weight is 329 g/mol. The third-order valence-electron chi connectivity index (χ3n) is 6.68. The molecule has 0 saturated heterocycles. The third-order valence-corrected chi connectivity index (χ3v) is 6.68. The van der Waals surface area contributed by atoms with E-state index in [4.69, 9.17) is 0 Å². The second kappa shape index (κ2) is 10.3. The monoisotopic (exact) mass is 328 g/mol. The van der Waals surface area contributed by atoms with E-state index >= 15 is 0 Å². The van der Waals surface area contributed by atoms with Crippen molar-refractivity contribution < 1.29 is 0 Å². The summed E-state index contributed by atoms with van der Waals surface area (Å²) in [4.78, 5) is 0. The predicted octanol–water partition coefficient (Wildman–Crippen LogP) is 8.13. The Morgan fingerprint density at radius 2 is 1.58 bits per heavy atom. The van der Waals surface area contributed by atoms with Crippen LogP contribution in [0, 0.1) is 11.3 Å². The smallest absolute Gasteiger partial charge is 0.0134 e. The largest absolute Gasteiger partial charge is 0.0654 e. The topological polar surface area (TPSA) is 0 Å². The second-order valence-corrected chi connectivity index (χ2v) is 8.41. The van der Waals surface area contributed by atoms with Crippen molar-refractivity contribution in [2.75, 3.05) is 0 Å². The molecule has 1 aromatic rings. The maximum absolute atomic E-state index is 2.52. The molecule has 0 N–H and O–H groups in total. The molecule has 136 valence electrons. The van der Waals surface area contributed by atoms with Gasteiger partial charge in [-0.05, 0) is 42.1 Å². The first-order valence-corrected chi connectivity index (χ1v) is 10.8. The molecular formula is C24H40. The molecule has 2 unspecified atom stereocenters. The van der Waals surface area contributed by atoms with Gasteiger partial charge in [0.05, 0.1) is 0 Å². The van der Waals surface area contributed by atoms with Crippen LogP contribution in [0.25, 0.3) is 0 Å². The third kappa shape index (κ3) is 5.36. The van der Waals surface area contributed by atoms with E-state index in [1.165, 1.54) is 77.0 Å². The van der Waals surface area contributed by atoms with Gasteiger partial charge in [0.15, 0.2) is 0 Å². The molecule has 1 saturated carbocycles. The van der Waals surface area contributed by atoms with Crippen molar-refractivity contribution in [2.24, 2.45) is 11.3 Å². The van der Waals surface area contributed by atoms with Crippen LogP contribution in [0.3, 0.4) is 0 Å². The van der Waals surface area contributed by atoms with Gasteiger partial charge in [-0.3, -0.25) is 0 Å². The van der Waals surface area contributed by atoms with E-state index in [9.17, 15) is 0 Å². The molecule has 24 heavy (non-hydrogen) atoms. The maximum atomic E-state index is 2.52.